The highest BCUT2D eigenvalue weighted by Crippen LogP contribution is 2.47. The number of rotatable bonds is 6. The van der Waals surface area contributed by atoms with Gasteiger partial charge in [-0.15, -0.1) is 0 Å². The van der Waals surface area contributed by atoms with Crippen LogP contribution in [-0.4, -0.2) is 44.3 Å². The minimum Gasteiger partial charge on any atom is -0.324 e. The van der Waals surface area contributed by atoms with Crippen molar-refractivity contribution in [1.29, 1.82) is 0 Å². The van der Waals surface area contributed by atoms with Crippen molar-refractivity contribution in [3.63, 3.8) is 0 Å². The lowest BCUT2D eigenvalue weighted by atomic mass is 10.1. The Kier molecular flexibility index (Phi) is 7.35. The van der Waals surface area contributed by atoms with Gasteiger partial charge in [-0.3, -0.25) is 14.6 Å². The number of nitrogens with one attached hydrogen (secondary N) is 2. The third kappa shape index (κ3) is 5.62. The maximum Gasteiger partial charge on any atom is 0.292 e. The first-order valence-electron chi connectivity index (χ1n) is 12.8. The van der Waals surface area contributed by atoms with Gasteiger partial charge in [0.05, 0.1) is 23.2 Å². The Morgan fingerprint density at radius 3 is 2.78 bits per heavy atom. The fourth-order valence-electron chi connectivity index (χ4n) is 4.70. The van der Waals surface area contributed by atoms with Crippen LogP contribution in [0.3, 0.4) is 0 Å². The van der Waals surface area contributed by atoms with Crippen molar-refractivity contribution in [3.8, 4) is 11.3 Å². The topological polar surface area (TPSA) is 100 Å². The smallest absolute Gasteiger partial charge is 0.292 e. The van der Waals surface area contributed by atoms with Gasteiger partial charge in [0.15, 0.2) is 0 Å². The zero-order chi connectivity index (χ0) is 28.6. The first-order chi connectivity index (χ1) is 19.8. The average Bonchev–Trinajstić information content (AvgIpc) is 3.61. The Morgan fingerprint density at radius 2 is 2.00 bits per heavy atom. The molecule has 0 radical (unpaired) electrons. The van der Waals surface area contributed by atoms with Crippen LogP contribution < -0.4 is 15.5 Å². The third-order valence-electron chi connectivity index (χ3n) is 6.84. The molecule has 6 rings (SSSR count). The number of carbonyl (C=O) groups is 2. The molecule has 4 heterocycles. The standard InChI is InChI=1S/C29H24F2N6O2S2.2H2/c1-17-4-5-18(13-23(17)36-28-33-11-8-22(35-28)19-3-2-10-32-15-19)26(38)34-20-6-7-24-21(14-20)29(30,31)16-37(24)27(39)25-9-12-40-41-25;;/h2-8,10-11,13-15,25H,9,12,16H2,1H3,(H,34,38)(H,33,35,36);2*1H. The van der Waals surface area contributed by atoms with E-state index in [1.54, 1.807) is 59.7 Å². The summed E-state index contributed by atoms with van der Waals surface area (Å²) in [6, 6.07) is 14.9. The number of amides is 2. The molecule has 4 aromatic rings. The number of anilines is 4. The molecule has 0 spiro atoms. The highest BCUT2D eigenvalue weighted by Gasteiger charge is 2.47. The highest BCUT2D eigenvalue weighted by molar-refractivity contribution is 8.77. The van der Waals surface area contributed by atoms with Crippen LogP contribution in [0.15, 0.2) is 73.2 Å². The lowest BCUT2D eigenvalue weighted by Crippen LogP contribution is -2.38. The average molecular weight is 595 g/mol. The van der Waals surface area contributed by atoms with Crippen molar-refractivity contribution in [1.82, 2.24) is 15.0 Å². The molecule has 41 heavy (non-hydrogen) atoms. The van der Waals surface area contributed by atoms with Crippen molar-refractivity contribution in [2.24, 2.45) is 0 Å². The number of hydrogen-bond donors (Lipinski definition) is 2. The summed E-state index contributed by atoms with van der Waals surface area (Å²) in [5.74, 6) is -2.81. The lowest BCUT2D eigenvalue weighted by molar-refractivity contribution is -0.119. The molecule has 2 aromatic heterocycles. The molecule has 2 amide bonds. The van der Waals surface area contributed by atoms with Gasteiger partial charge >= 0.3 is 0 Å². The van der Waals surface area contributed by atoms with E-state index in [9.17, 15) is 18.4 Å². The molecule has 1 saturated heterocycles. The Labute approximate surface area is 245 Å². The number of halogens is 2. The third-order valence-corrected chi connectivity index (χ3v) is 9.66. The molecule has 12 heteroatoms. The number of nitrogens with zero attached hydrogens (tertiary/aromatic N) is 4. The summed E-state index contributed by atoms with van der Waals surface area (Å²) < 4.78 is 29.9. The van der Waals surface area contributed by atoms with Crippen LogP contribution in [0.5, 0.6) is 0 Å². The monoisotopic (exact) mass is 594 g/mol. The van der Waals surface area contributed by atoms with Gasteiger partial charge in [-0.25, -0.2) is 9.97 Å². The second-order valence-electron chi connectivity index (χ2n) is 9.67. The number of fused-ring (bicyclic) bond motifs is 1. The molecule has 2 aliphatic heterocycles. The number of hydrogen-bond acceptors (Lipinski definition) is 8. The molecule has 1 atom stereocenters. The van der Waals surface area contributed by atoms with Gasteiger partial charge in [0.25, 0.3) is 11.8 Å². The van der Waals surface area contributed by atoms with E-state index in [2.05, 4.69) is 25.6 Å². The fourth-order valence-corrected chi connectivity index (χ4v) is 7.47. The molecule has 1 unspecified atom stereocenters. The van der Waals surface area contributed by atoms with Crippen LogP contribution in [-0.2, 0) is 10.7 Å². The van der Waals surface area contributed by atoms with Crippen LogP contribution in [0.2, 0.25) is 0 Å². The molecular weight excluding hydrogens is 566 g/mol. The molecule has 0 bridgehead atoms. The van der Waals surface area contributed by atoms with Crippen molar-refractivity contribution in [2.45, 2.75) is 24.5 Å². The van der Waals surface area contributed by atoms with E-state index in [1.807, 2.05) is 19.1 Å². The fraction of sp³-hybridized carbons (Fsp3) is 0.207. The first-order valence-corrected chi connectivity index (χ1v) is 15.2. The van der Waals surface area contributed by atoms with Gasteiger partial charge in [0.1, 0.15) is 0 Å². The number of alkyl halides is 2. The molecule has 212 valence electrons. The zero-order valence-electron chi connectivity index (χ0n) is 21.8. The Bertz CT molecular complexity index is 1640. The molecule has 1 fully saturated rings. The Morgan fingerprint density at radius 1 is 1.12 bits per heavy atom. The summed E-state index contributed by atoms with van der Waals surface area (Å²) in [6.45, 7) is 1.19. The number of carbonyl (C=O) groups excluding carboxylic acids is 2. The minimum atomic E-state index is -3.21. The van der Waals surface area contributed by atoms with E-state index in [-0.39, 0.29) is 30.9 Å². The normalized spacial score (nSPS) is 17.2. The first kappa shape index (κ1) is 27.2. The largest absolute Gasteiger partial charge is 0.324 e. The second-order valence-corrected chi connectivity index (χ2v) is 12.4. The summed E-state index contributed by atoms with van der Waals surface area (Å²) >= 11 is 0. The van der Waals surface area contributed by atoms with E-state index in [0.717, 1.165) is 16.9 Å². The van der Waals surface area contributed by atoms with Gasteiger partial charge in [0.2, 0.25) is 11.9 Å². The van der Waals surface area contributed by atoms with E-state index in [1.165, 1.54) is 27.8 Å². The summed E-state index contributed by atoms with van der Waals surface area (Å²) in [6.07, 6.45) is 5.69. The van der Waals surface area contributed by atoms with E-state index < -0.39 is 18.4 Å². The number of aromatic nitrogens is 3. The van der Waals surface area contributed by atoms with E-state index >= 15 is 0 Å². The predicted molar refractivity (Wildman–Crippen MR) is 163 cm³/mol. The number of pyridine rings is 1. The van der Waals surface area contributed by atoms with Crippen molar-refractivity contribution >= 4 is 56.4 Å². The SMILES string of the molecule is Cc1ccc(C(=O)Nc2ccc3c(c2)C(F)(F)CN3C(=O)C2CCSS2)cc1Nc1nccc(-c2cccnc2)n1.[HH].[HH]. The van der Waals surface area contributed by atoms with Gasteiger partial charge in [-0.1, -0.05) is 27.7 Å². The molecule has 0 saturated carbocycles. The molecule has 0 aliphatic carbocycles. The minimum absolute atomic E-state index is 0. The van der Waals surface area contributed by atoms with Crippen LogP contribution in [0.25, 0.3) is 11.3 Å². The van der Waals surface area contributed by atoms with Crippen LogP contribution in [0.4, 0.5) is 31.8 Å². The number of aryl methyl sites for hydroxylation is 1. The van der Waals surface area contributed by atoms with Crippen molar-refractivity contribution < 1.29 is 21.2 Å². The summed E-state index contributed by atoms with van der Waals surface area (Å²) in [4.78, 5) is 40.2. The highest BCUT2D eigenvalue weighted by atomic mass is 33.1. The van der Waals surface area contributed by atoms with E-state index in [0.29, 0.717) is 29.3 Å². The second kappa shape index (κ2) is 11.1. The van der Waals surface area contributed by atoms with Crippen molar-refractivity contribution in [2.75, 3.05) is 27.8 Å². The van der Waals surface area contributed by atoms with Gasteiger partial charge in [-0.05, 0) is 67.4 Å². The lowest BCUT2D eigenvalue weighted by Gasteiger charge is -2.20. The quantitative estimate of drug-likeness (QED) is 0.232. The van der Waals surface area contributed by atoms with E-state index in [4.69, 9.17) is 0 Å². The van der Waals surface area contributed by atoms with Crippen molar-refractivity contribution in [3.05, 3.63) is 89.9 Å². The Balaban J connectivity index is 0.00000212. The van der Waals surface area contributed by atoms with Gasteiger partial charge in [0, 0.05) is 55.3 Å². The van der Waals surface area contributed by atoms with Crippen LogP contribution in [0.1, 0.15) is 30.8 Å². The maximum absolute atomic E-state index is 15.0. The molecule has 2 aliphatic rings. The molecule has 2 N–H and O–H groups in total. The summed E-state index contributed by atoms with van der Waals surface area (Å²) in [5, 5.41) is 5.55. The zero-order valence-corrected chi connectivity index (χ0v) is 23.4. The van der Waals surface area contributed by atoms with Gasteiger partial charge < -0.3 is 15.5 Å². The summed E-state index contributed by atoms with van der Waals surface area (Å²) in [7, 11) is 3.01. The molecular formula is C29H28F2N6O2S2. The van der Waals surface area contributed by atoms with Crippen LogP contribution in [0, 0.1) is 6.92 Å². The number of benzene rings is 2. The Hall–Kier alpha value is -4.03. The molecule has 8 nitrogen and oxygen atoms in total. The van der Waals surface area contributed by atoms with Crippen LogP contribution >= 0.6 is 21.6 Å². The molecule has 2 aromatic carbocycles. The maximum atomic E-state index is 15.0. The van der Waals surface area contributed by atoms with Gasteiger partial charge in [-0.2, -0.15) is 8.78 Å². The predicted octanol–water partition coefficient (Wildman–Crippen LogP) is 6.93. The summed E-state index contributed by atoms with van der Waals surface area (Å²) in [5.41, 5.74) is 3.47.